The van der Waals surface area contributed by atoms with E-state index in [0.717, 1.165) is 16.7 Å². The van der Waals surface area contributed by atoms with E-state index in [4.69, 9.17) is 0 Å². The second-order valence-electron chi connectivity index (χ2n) is 5.67. The fourth-order valence-electron chi connectivity index (χ4n) is 2.36. The van der Waals surface area contributed by atoms with Gasteiger partial charge in [-0.15, -0.1) is 0 Å². The van der Waals surface area contributed by atoms with Gasteiger partial charge in [0.05, 0.1) is 29.5 Å². The third-order valence-corrected chi connectivity index (χ3v) is 3.60. The van der Waals surface area contributed by atoms with Crippen LogP contribution >= 0.6 is 0 Å². The maximum absolute atomic E-state index is 12.3. The molecule has 0 aliphatic heterocycles. The monoisotopic (exact) mass is 347 g/mol. The van der Waals surface area contributed by atoms with Crippen molar-refractivity contribution in [2.24, 2.45) is 0 Å². The number of fused-ring (bicyclic) bond motifs is 1. The van der Waals surface area contributed by atoms with E-state index in [2.05, 4.69) is 19.9 Å². The van der Waals surface area contributed by atoms with Gasteiger partial charge in [-0.1, -0.05) is 12.1 Å². The Bertz CT molecular complexity index is 866. The van der Waals surface area contributed by atoms with Gasteiger partial charge in [0.15, 0.2) is 0 Å². The molecule has 130 valence electrons. The first-order valence-corrected chi connectivity index (χ1v) is 7.71. The smallest absolute Gasteiger partial charge is 0.338 e. The Morgan fingerprint density at radius 1 is 0.960 bits per heavy atom. The van der Waals surface area contributed by atoms with Crippen LogP contribution in [0.4, 0.5) is 19.1 Å². The van der Waals surface area contributed by atoms with E-state index in [1.165, 1.54) is 12.3 Å². The van der Waals surface area contributed by atoms with Gasteiger partial charge >= 0.3 is 6.18 Å². The normalized spacial score (nSPS) is 11.7. The van der Waals surface area contributed by atoms with Crippen LogP contribution in [0.15, 0.2) is 42.7 Å². The first-order chi connectivity index (χ1) is 11.9. The number of anilines is 1. The standard InChI is InChI=1S/C17H16F3N5/c1-25(11-13-10-22-14-4-2-3-5-15(14)23-13)16-21-9-7-12(24-16)6-8-17(18,19)20/h2-5,7,9-10H,6,8,11H2,1H3. The first-order valence-electron chi connectivity index (χ1n) is 7.71. The summed E-state index contributed by atoms with van der Waals surface area (Å²) in [6.07, 6.45) is -2.12. The zero-order valence-electron chi connectivity index (χ0n) is 13.5. The average molecular weight is 347 g/mol. The molecule has 0 aliphatic rings. The summed E-state index contributed by atoms with van der Waals surface area (Å²) in [7, 11) is 1.76. The molecule has 0 amide bonds. The lowest BCUT2D eigenvalue weighted by atomic mass is 10.2. The van der Waals surface area contributed by atoms with E-state index in [9.17, 15) is 13.2 Å². The van der Waals surface area contributed by atoms with Crippen LogP contribution in [-0.2, 0) is 13.0 Å². The number of hydrogen-bond acceptors (Lipinski definition) is 5. The van der Waals surface area contributed by atoms with Gasteiger partial charge in [0, 0.05) is 25.4 Å². The number of hydrogen-bond donors (Lipinski definition) is 0. The lowest BCUT2D eigenvalue weighted by Crippen LogP contribution is -2.20. The highest BCUT2D eigenvalue weighted by molar-refractivity contribution is 5.73. The highest BCUT2D eigenvalue weighted by Crippen LogP contribution is 2.22. The number of halogens is 3. The molecule has 0 fully saturated rings. The topological polar surface area (TPSA) is 54.8 Å². The van der Waals surface area contributed by atoms with Crippen LogP contribution in [0.1, 0.15) is 17.8 Å². The van der Waals surface area contributed by atoms with Gasteiger partial charge in [-0.05, 0) is 24.6 Å². The number of aryl methyl sites for hydroxylation is 1. The van der Waals surface area contributed by atoms with Crippen molar-refractivity contribution < 1.29 is 13.2 Å². The molecule has 2 aromatic heterocycles. The predicted molar refractivity (Wildman–Crippen MR) is 88.1 cm³/mol. The number of benzene rings is 1. The molecule has 8 heteroatoms. The van der Waals surface area contributed by atoms with Gasteiger partial charge in [-0.25, -0.2) is 15.0 Å². The molecule has 3 aromatic rings. The maximum atomic E-state index is 12.3. The van der Waals surface area contributed by atoms with Gasteiger partial charge in [-0.2, -0.15) is 13.2 Å². The minimum atomic E-state index is -4.20. The molecule has 2 heterocycles. The zero-order valence-corrected chi connectivity index (χ0v) is 13.5. The Hall–Kier alpha value is -2.77. The number of alkyl halides is 3. The number of para-hydroxylation sites is 2. The van der Waals surface area contributed by atoms with Crippen molar-refractivity contribution in [3.8, 4) is 0 Å². The molecule has 0 atom stereocenters. The third kappa shape index (κ3) is 4.62. The molecule has 25 heavy (non-hydrogen) atoms. The summed E-state index contributed by atoms with van der Waals surface area (Å²) in [5, 5.41) is 0. The Kier molecular flexibility index (Phi) is 4.78. The lowest BCUT2D eigenvalue weighted by Gasteiger charge is -2.17. The van der Waals surface area contributed by atoms with Crippen molar-refractivity contribution in [1.82, 2.24) is 19.9 Å². The van der Waals surface area contributed by atoms with Gasteiger partial charge in [0.25, 0.3) is 0 Å². The fourth-order valence-corrected chi connectivity index (χ4v) is 2.36. The van der Waals surface area contributed by atoms with Crippen LogP contribution in [0.3, 0.4) is 0 Å². The molecule has 0 radical (unpaired) electrons. The van der Waals surface area contributed by atoms with Gasteiger partial charge in [0.2, 0.25) is 5.95 Å². The molecule has 0 N–H and O–H groups in total. The Morgan fingerprint density at radius 3 is 2.48 bits per heavy atom. The van der Waals surface area contributed by atoms with E-state index in [0.29, 0.717) is 18.2 Å². The van der Waals surface area contributed by atoms with Crippen LogP contribution in [-0.4, -0.2) is 33.2 Å². The minimum Gasteiger partial charge on any atom is -0.338 e. The van der Waals surface area contributed by atoms with Crippen molar-refractivity contribution >= 4 is 17.0 Å². The summed E-state index contributed by atoms with van der Waals surface area (Å²) < 4.78 is 37.0. The SMILES string of the molecule is CN(Cc1cnc2ccccc2n1)c1nccc(CCC(F)(F)F)n1. The Balaban J connectivity index is 1.72. The van der Waals surface area contributed by atoms with Gasteiger partial charge in [-0.3, -0.25) is 4.98 Å². The van der Waals surface area contributed by atoms with Crippen molar-refractivity contribution in [3.63, 3.8) is 0 Å². The minimum absolute atomic E-state index is 0.164. The molecular weight excluding hydrogens is 331 g/mol. The molecule has 0 saturated heterocycles. The molecule has 5 nitrogen and oxygen atoms in total. The van der Waals surface area contributed by atoms with Crippen molar-refractivity contribution in [2.75, 3.05) is 11.9 Å². The molecular formula is C17H16F3N5. The summed E-state index contributed by atoms with van der Waals surface area (Å²) in [6, 6.07) is 9.03. The molecule has 0 bridgehead atoms. The predicted octanol–water partition coefficient (Wildman–Crippen LogP) is 3.55. The first kappa shape index (κ1) is 17.1. The Labute approximate surface area is 142 Å². The summed E-state index contributed by atoms with van der Waals surface area (Å²) in [5.74, 6) is 0.356. The van der Waals surface area contributed by atoms with Crippen LogP contribution in [0.2, 0.25) is 0 Å². The molecule has 0 saturated carbocycles. The quantitative estimate of drug-likeness (QED) is 0.706. The average Bonchev–Trinajstić information content (AvgIpc) is 2.59. The number of nitrogens with zero attached hydrogens (tertiary/aromatic N) is 5. The molecule has 0 unspecified atom stereocenters. The molecule has 0 spiro atoms. The van der Waals surface area contributed by atoms with Crippen LogP contribution < -0.4 is 4.90 Å². The maximum Gasteiger partial charge on any atom is 0.389 e. The van der Waals surface area contributed by atoms with Crippen molar-refractivity contribution in [2.45, 2.75) is 25.6 Å². The van der Waals surface area contributed by atoms with Crippen molar-refractivity contribution in [3.05, 3.63) is 54.1 Å². The lowest BCUT2D eigenvalue weighted by molar-refractivity contribution is -0.134. The van der Waals surface area contributed by atoms with E-state index in [1.807, 2.05) is 24.3 Å². The van der Waals surface area contributed by atoms with Gasteiger partial charge < -0.3 is 4.90 Å². The number of aromatic nitrogens is 4. The second kappa shape index (κ2) is 7.00. The third-order valence-electron chi connectivity index (χ3n) is 3.60. The van der Waals surface area contributed by atoms with Crippen LogP contribution in [0.5, 0.6) is 0 Å². The Morgan fingerprint density at radius 2 is 1.72 bits per heavy atom. The largest absolute Gasteiger partial charge is 0.389 e. The second-order valence-corrected chi connectivity index (χ2v) is 5.67. The molecule has 3 rings (SSSR count). The van der Waals surface area contributed by atoms with E-state index >= 15 is 0 Å². The summed E-state index contributed by atoms with van der Waals surface area (Å²) in [4.78, 5) is 18.9. The van der Waals surface area contributed by atoms with Crippen LogP contribution in [0.25, 0.3) is 11.0 Å². The fraction of sp³-hybridized carbons (Fsp3) is 0.294. The highest BCUT2D eigenvalue weighted by Gasteiger charge is 2.26. The highest BCUT2D eigenvalue weighted by atomic mass is 19.4. The van der Waals surface area contributed by atoms with E-state index in [1.54, 1.807) is 18.1 Å². The molecule has 1 aromatic carbocycles. The summed E-state index contributed by atoms with van der Waals surface area (Å²) in [6.45, 7) is 0.403. The van der Waals surface area contributed by atoms with E-state index < -0.39 is 12.6 Å². The van der Waals surface area contributed by atoms with Crippen molar-refractivity contribution in [1.29, 1.82) is 0 Å². The summed E-state index contributed by atoms with van der Waals surface area (Å²) >= 11 is 0. The zero-order chi connectivity index (χ0) is 17.9. The number of rotatable bonds is 5. The van der Waals surface area contributed by atoms with Gasteiger partial charge in [0.1, 0.15) is 0 Å². The van der Waals surface area contributed by atoms with E-state index in [-0.39, 0.29) is 6.42 Å². The molecule has 0 aliphatic carbocycles. The summed E-state index contributed by atoms with van der Waals surface area (Å²) in [5.41, 5.74) is 2.68. The van der Waals surface area contributed by atoms with Crippen LogP contribution in [0, 0.1) is 0 Å².